The van der Waals surface area contributed by atoms with Crippen molar-refractivity contribution < 1.29 is 19.2 Å². The van der Waals surface area contributed by atoms with Crippen LogP contribution in [-0.4, -0.2) is 34.8 Å². The van der Waals surface area contributed by atoms with Crippen LogP contribution in [0.25, 0.3) is 0 Å². The first kappa shape index (κ1) is 16.6. The number of rotatable bonds is 7. The molecule has 0 saturated carbocycles. The number of aromatic nitrogens is 1. The predicted octanol–water partition coefficient (Wildman–Crippen LogP) is 2.26. The molecule has 0 radical (unpaired) electrons. The Balaban J connectivity index is 1.97. The minimum atomic E-state index is -0.522. The molecule has 0 atom stereocenters. The molecule has 1 N–H and O–H groups in total. The van der Waals surface area contributed by atoms with Gasteiger partial charge in [0.25, 0.3) is 5.69 Å². The Bertz CT molecular complexity index is 726. The monoisotopic (exact) mass is 335 g/mol. The topological polar surface area (TPSA) is 111 Å². The number of ketones is 1. The third-order valence-electron chi connectivity index (χ3n) is 2.75. The van der Waals surface area contributed by atoms with Gasteiger partial charge < -0.3 is 10.1 Å². The molecule has 0 amide bonds. The number of non-ortho nitro benzene ring substituents is 1. The standard InChI is InChI=1S/C14H13N3O5S/c1-9(18)22-7-6-15-14-16-8-12(23-14)13(19)10-2-4-11(5-3-10)17(20)21/h2-5,8H,6-7H2,1H3,(H,15,16). The fourth-order valence-electron chi connectivity index (χ4n) is 1.69. The summed E-state index contributed by atoms with van der Waals surface area (Å²) in [5.41, 5.74) is 0.282. The summed E-state index contributed by atoms with van der Waals surface area (Å²) in [6.45, 7) is 1.92. The van der Waals surface area contributed by atoms with Gasteiger partial charge in [-0.15, -0.1) is 0 Å². The number of esters is 1. The van der Waals surface area contributed by atoms with Gasteiger partial charge in [0.2, 0.25) is 5.78 Å². The molecule has 2 rings (SSSR count). The van der Waals surface area contributed by atoms with Crippen LogP contribution in [0.1, 0.15) is 22.2 Å². The van der Waals surface area contributed by atoms with E-state index in [2.05, 4.69) is 10.3 Å². The van der Waals surface area contributed by atoms with Crippen molar-refractivity contribution in [1.82, 2.24) is 4.98 Å². The molecule has 0 fully saturated rings. The summed E-state index contributed by atoms with van der Waals surface area (Å²) >= 11 is 1.16. The van der Waals surface area contributed by atoms with E-state index in [0.717, 1.165) is 11.3 Å². The quantitative estimate of drug-likeness (QED) is 0.271. The first-order valence-electron chi connectivity index (χ1n) is 6.59. The van der Waals surface area contributed by atoms with E-state index in [1.807, 2.05) is 0 Å². The molecular formula is C14H13N3O5S. The number of carbonyl (C=O) groups is 2. The number of nitro benzene ring substituents is 1. The predicted molar refractivity (Wildman–Crippen MR) is 83.8 cm³/mol. The molecule has 8 nitrogen and oxygen atoms in total. The molecule has 0 aliphatic heterocycles. The van der Waals surface area contributed by atoms with E-state index in [-0.39, 0.29) is 24.0 Å². The normalized spacial score (nSPS) is 10.1. The molecule has 120 valence electrons. The van der Waals surface area contributed by atoms with Crippen molar-refractivity contribution in [3.8, 4) is 0 Å². The lowest BCUT2D eigenvalue weighted by Gasteiger charge is -2.02. The van der Waals surface area contributed by atoms with Gasteiger partial charge in [0.05, 0.1) is 22.5 Å². The third-order valence-corrected chi connectivity index (χ3v) is 3.71. The van der Waals surface area contributed by atoms with Gasteiger partial charge in [-0.05, 0) is 12.1 Å². The van der Waals surface area contributed by atoms with Crippen LogP contribution >= 0.6 is 11.3 Å². The molecule has 0 aliphatic carbocycles. The van der Waals surface area contributed by atoms with Gasteiger partial charge in [-0.25, -0.2) is 4.98 Å². The molecule has 0 unspecified atom stereocenters. The highest BCUT2D eigenvalue weighted by Crippen LogP contribution is 2.22. The Morgan fingerprint density at radius 3 is 2.65 bits per heavy atom. The van der Waals surface area contributed by atoms with E-state index in [0.29, 0.717) is 22.1 Å². The number of benzene rings is 1. The van der Waals surface area contributed by atoms with Crippen molar-refractivity contribution in [3.63, 3.8) is 0 Å². The van der Waals surface area contributed by atoms with Gasteiger partial charge in [0.15, 0.2) is 5.13 Å². The Kier molecular flexibility index (Phi) is 5.36. The van der Waals surface area contributed by atoms with E-state index in [9.17, 15) is 19.7 Å². The molecule has 0 saturated heterocycles. The van der Waals surface area contributed by atoms with Gasteiger partial charge in [-0.1, -0.05) is 11.3 Å². The van der Waals surface area contributed by atoms with Gasteiger partial charge in [-0.3, -0.25) is 19.7 Å². The minimum Gasteiger partial charge on any atom is -0.464 e. The Morgan fingerprint density at radius 1 is 1.35 bits per heavy atom. The Labute approximate surface area is 135 Å². The number of nitro groups is 1. The van der Waals surface area contributed by atoms with Crippen molar-refractivity contribution in [3.05, 3.63) is 51.0 Å². The number of nitrogens with one attached hydrogen (secondary N) is 1. The first-order chi connectivity index (χ1) is 11.0. The zero-order valence-electron chi connectivity index (χ0n) is 12.1. The molecule has 0 aliphatic rings. The van der Waals surface area contributed by atoms with E-state index in [1.165, 1.54) is 37.4 Å². The molecule has 1 aromatic carbocycles. The maximum absolute atomic E-state index is 12.3. The largest absolute Gasteiger partial charge is 0.464 e. The lowest BCUT2D eigenvalue weighted by molar-refractivity contribution is -0.384. The van der Waals surface area contributed by atoms with E-state index in [4.69, 9.17) is 4.74 Å². The molecule has 23 heavy (non-hydrogen) atoms. The van der Waals surface area contributed by atoms with Crippen LogP contribution in [0.2, 0.25) is 0 Å². The number of hydrogen-bond acceptors (Lipinski definition) is 8. The van der Waals surface area contributed by atoms with Crippen LogP contribution in [0.3, 0.4) is 0 Å². The lowest BCUT2D eigenvalue weighted by atomic mass is 10.1. The molecule has 0 spiro atoms. The lowest BCUT2D eigenvalue weighted by Crippen LogP contribution is -2.11. The number of thiazole rings is 1. The molecule has 1 heterocycles. The van der Waals surface area contributed by atoms with Crippen molar-refractivity contribution in [2.24, 2.45) is 0 Å². The zero-order chi connectivity index (χ0) is 16.8. The number of nitrogens with zero attached hydrogens (tertiary/aromatic N) is 2. The molecular weight excluding hydrogens is 322 g/mol. The summed E-state index contributed by atoms with van der Waals surface area (Å²) in [4.78, 5) is 37.4. The number of anilines is 1. The average molecular weight is 335 g/mol. The van der Waals surface area contributed by atoms with Gasteiger partial charge >= 0.3 is 5.97 Å². The highest BCUT2D eigenvalue weighted by Gasteiger charge is 2.14. The highest BCUT2D eigenvalue weighted by molar-refractivity contribution is 7.17. The second-order valence-corrected chi connectivity index (χ2v) is 5.46. The van der Waals surface area contributed by atoms with Crippen LogP contribution in [-0.2, 0) is 9.53 Å². The summed E-state index contributed by atoms with van der Waals surface area (Å²) in [6.07, 6.45) is 1.43. The number of ether oxygens (including phenoxy) is 1. The molecule has 9 heteroatoms. The Morgan fingerprint density at radius 2 is 2.04 bits per heavy atom. The van der Waals surface area contributed by atoms with Crippen molar-refractivity contribution in [1.29, 1.82) is 0 Å². The second kappa shape index (κ2) is 7.45. The summed E-state index contributed by atoms with van der Waals surface area (Å²) < 4.78 is 4.77. The summed E-state index contributed by atoms with van der Waals surface area (Å²) in [7, 11) is 0. The first-order valence-corrected chi connectivity index (χ1v) is 7.41. The van der Waals surface area contributed by atoms with Gasteiger partial charge in [0, 0.05) is 24.6 Å². The van der Waals surface area contributed by atoms with E-state index >= 15 is 0 Å². The summed E-state index contributed by atoms with van der Waals surface area (Å²) in [5, 5.41) is 14.1. The summed E-state index contributed by atoms with van der Waals surface area (Å²) in [5.74, 6) is -0.620. The fraction of sp³-hybridized carbons (Fsp3) is 0.214. The zero-order valence-corrected chi connectivity index (χ0v) is 13.0. The highest BCUT2D eigenvalue weighted by atomic mass is 32.1. The van der Waals surface area contributed by atoms with E-state index < -0.39 is 4.92 Å². The van der Waals surface area contributed by atoms with Crippen molar-refractivity contribution in [2.45, 2.75) is 6.92 Å². The number of carbonyl (C=O) groups excluding carboxylic acids is 2. The maximum Gasteiger partial charge on any atom is 0.302 e. The van der Waals surface area contributed by atoms with Gasteiger partial charge in [-0.2, -0.15) is 0 Å². The van der Waals surface area contributed by atoms with Crippen LogP contribution in [0.4, 0.5) is 10.8 Å². The van der Waals surface area contributed by atoms with E-state index in [1.54, 1.807) is 0 Å². The molecule has 2 aromatic rings. The molecule has 1 aromatic heterocycles. The van der Waals surface area contributed by atoms with Crippen molar-refractivity contribution >= 4 is 33.9 Å². The van der Waals surface area contributed by atoms with Crippen LogP contribution < -0.4 is 5.32 Å². The van der Waals surface area contributed by atoms with Crippen molar-refractivity contribution in [2.75, 3.05) is 18.5 Å². The third kappa shape index (κ3) is 4.58. The minimum absolute atomic E-state index is 0.0707. The maximum atomic E-state index is 12.3. The number of hydrogen-bond donors (Lipinski definition) is 1. The SMILES string of the molecule is CC(=O)OCCNc1ncc(C(=O)c2ccc([N+](=O)[O-])cc2)s1. The smallest absolute Gasteiger partial charge is 0.302 e. The fourth-order valence-corrected chi connectivity index (χ4v) is 2.49. The average Bonchev–Trinajstić information content (AvgIpc) is 2.99. The van der Waals surface area contributed by atoms with Gasteiger partial charge in [0.1, 0.15) is 6.61 Å². The van der Waals surface area contributed by atoms with Crippen LogP contribution in [0.15, 0.2) is 30.5 Å². The second-order valence-electron chi connectivity index (χ2n) is 4.43. The van der Waals surface area contributed by atoms with Crippen LogP contribution in [0, 0.1) is 10.1 Å². The van der Waals surface area contributed by atoms with Crippen LogP contribution in [0.5, 0.6) is 0 Å². The molecule has 0 bridgehead atoms. The Hall–Kier alpha value is -2.81. The summed E-state index contributed by atoms with van der Waals surface area (Å²) in [6, 6.07) is 5.39.